The van der Waals surface area contributed by atoms with Gasteiger partial charge in [0.2, 0.25) is 10.0 Å². The van der Waals surface area contributed by atoms with E-state index in [9.17, 15) is 13.2 Å². The smallest absolute Gasteiger partial charge is 0.304 e. The van der Waals surface area contributed by atoms with Gasteiger partial charge in [-0.15, -0.1) is 0 Å². The lowest BCUT2D eigenvalue weighted by Gasteiger charge is -2.17. The summed E-state index contributed by atoms with van der Waals surface area (Å²) in [5.41, 5.74) is 0.922. The molecule has 124 valence electrons. The number of hydrogen-bond donors (Lipinski definition) is 2. The number of carboxylic acid groups (broad SMARTS) is 1. The van der Waals surface area contributed by atoms with E-state index in [1.54, 1.807) is 24.3 Å². The van der Waals surface area contributed by atoms with Crippen molar-refractivity contribution in [3.63, 3.8) is 0 Å². The minimum Gasteiger partial charge on any atom is -0.481 e. The molecule has 1 heterocycles. The van der Waals surface area contributed by atoms with Gasteiger partial charge in [-0.25, -0.2) is 13.1 Å². The molecule has 0 aliphatic carbocycles. The Balaban J connectivity index is 2.24. The molecule has 0 saturated carbocycles. The molecule has 0 aliphatic heterocycles. The summed E-state index contributed by atoms with van der Waals surface area (Å²) in [5.74, 6) is -1.11. The predicted molar refractivity (Wildman–Crippen MR) is 85.5 cm³/mol. The minimum atomic E-state index is -3.98. The molecule has 24 heavy (non-hydrogen) atoms. The highest BCUT2D eigenvalue weighted by molar-refractivity contribution is 7.89. The summed E-state index contributed by atoms with van der Waals surface area (Å²) in [5, 5.41) is 17.9. The normalized spacial score (nSPS) is 12.3. The average molecular weight is 345 g/mol. The van der Waals surface area contributed by atoms with Gasteiger partial charge in [-0.2, -0.15) is 5.26 Å². The monoisotopic (exact) mass is 345 g/mol. The number of aliphatic carboxylic acids is 1. The van der Waals surface area contributed by atoms with Gasteiger partial charge in [0.1, 0.15) is 11.0 Å². The van der Waals surface area contributed by atoms with E-state index in [0.717, 1.165) is 11.8 Å². The lowest BCUT2D eigenvalue weighted by molar-refractivity contribution is -0.137. The molecule has 0 bridgehead atoms. The predicted octanol–water partition coefficient (Wildman–Crippen LogP) is 1.32. The maximum Gasteiger partial charge on any atom is 0.304 e. The number of nitrogens with one attached hydrogen (secondary N) is 1. The highest BCUT2D eigenvalue weighted by Crippen LogP contribution is 2.13. The van der Waals surface area contributed by atoms with E-state index in [4.69, 9.17) is 10.4 Å². The maximum absolute atomic E-state index is 12.4. The van der Waals surface area contributed by atoms with Gasteiger partial charge >= 0.3 is 5.97 Å². The number of rotatable bonds is 7. The Labute approximate surface area is 139 Å². The lowest BCUT2D eigenvalue weighted by atomic mass is 10.0. The molecule has 8 heteroatoms. The number of carboxylic acids is 1. The van der Waals surface area contributed by atoms with Crippen molar-refractivity contribution in [3.8, 4) is 6.07 Å². The van der Waals surface area contributed by atoms with Crippen LogP contribution < -0.4 is 4.72 Å². The van der Waals surface area contributed by atoms with Crippen molar-refractivity contribution in [2.24, 2.45) is 0 Å². The second-order valence-electron chi connectivity index (χ2n) is 5.13. The van der Waals surface area contributed by atoms with E-state index >= 15 is 0 Å². The van der Waals surface area contributed by atoms with Crippen molar-refractivity contribution in [1.29, 1.82) is 5.26 Å². The Bertz CT molecular complexity index is 860. The first-order valence-corrected chi connectivity index (χ1v) is 8.52. The molecule has 1 aromatic heterocycles. The van der Waals surface area contributed by atoms with Gasteiger partial charge in [-0.1, -0.05) is 30.3 Å². The van der Waals surface area contributed by atoms with Crippen LogP contribution in [0.2, 0.25) is 0 Å². The fraction of sp³-hybridized carbons (Fsp3) is 0.188. The Morgan fingerprint density at radius 1 is 1.29 bits per heavy atom. The molecule has 0 saturated heterocycles. The molecule has 2 N–H and O–H groups in total. The topological polar surface area (TPSA) is 120 Å². The number of carbonyl (C=O) groups is 1. The van der Waals surface area contributed by atoms with Crippen LogP contribution in [-0.4, -0.2) is 30.5 Å². The third-order valence-electron chi connectivity index (χ3n) is 3.22. The molecule has 1 aromatic carbocycles. The van der Waals surface area contributed by atoms with E-state index in [1.807, 2.05) is 12.1 Å². The molecular formula is C16H15N3O4S. The molecule has 0 fully saturated rings. The van der Waals surface area contributed by atoms with Crippen LogP contribution in [-0.2, 0) is 21.2 Å². The van der Waals surface area contributed by atoms with Crippen LogP contribution in [0.3, 0.4) is 0 Å². The van der Waals surface area contributed by atoms with E-state index < -0.39 is 22.0 Å². The Kier molecular flexibility index (Phi) is 5.63. The summed E-state index contributed by atoms with van der Waals surface area (Å²) >= 11 is 0. The number of pyridine rings is 1. The van der Waals surface area contributed by atoms with Crippen LogP contribution in [0, 0.1) is 11.3 Å². The van der Waals surface area contributed by atoms with Crippen molar-refractivity contribution in [3.05, 3.63) is 59.9 Å². The molecule has 1 unspecified atom stereocenters. The zero-order valence-corrected chi connectivity index (χ0v) is 13.4. The average Bonchev–Trinajstić information content (AvgIpc) is 2.55. The molecule has 2 aromatic rings. The number of aromatic nitrogens is 1. The fourth-order valence-corrected chi connectivity index (χ4v) is 3.40. The minimum absolute atomic E-state index is 0.107. The van der Waals surface area contributed by atoms with E-state index in [1.165, 1.54) is 12.3 Å². The van der Waals surface area contributed by atoms with Gasteiger partial charge in [0.15, 0.2) is 0 Å². The van der Waals surface area contributed by atoms with Gasteiger partial charge in [0, 0.05) is 18.4 Å². The molecule has 2 rings (SSSR count). The van der Waals surface area contributed by atoms with E-state index in [2.05, 4.69) is 9.71 Å². The van der Waals surface area contributed by atoms with Crippen LogP contribution in [0.25, 0.3) is 0 Å². The molecule has 0 aliphatic rings. The second kappa shape index (κ2) is 7.68. The van der Waals surface area contributed by atoms with Crippen LogP contribution in [0.15, 0.2) is 53.7 Å². The van der Waals surface area contributed by atoms with E-state index in [0.29, 0.717) is 0 Å². The number of nitrogens with zero attached hydrogens (tertiary/aromatic N) is 2. The van der Waals surface area contributed by atoms with Gasteiger partial charge in [0.25, 0.3) is 0 Å². The molecular weight excluding hydrogens is 330 g/mol. The van der Waals surface area contributed by atoms with Crippen LogP contribution in [0.1, 0.15) is 17.5 Å². The second-order valence-corrected chi connectivity index (χ2v) is 6.84. The first-order chi connectivity index (χ1) is 11.4. The summed E-state index contributed by atoms with van der Waals surface area (Å²) in [6.45, 7) is 0. The maximum atomic E-state index is 12.4. The Hall–Kier alpha value is -2.76. The van der Waals surface area contributed by atoms with Crippen LogP contribution >= 0.6 is 0 Å². The van der Waals surface area contributed by atoms with Crippen LogP contribution in [0.5, 0.6) is 0 Å². The summed E-state index contributed by atoms with van der Waals surface area (Å²) in [4.78, 5) is 14.6. The van der Waals surface area contributed by atoms with Crippen molar-refractivity contribution in [2.75, 3.05) is 0 Å². The first-order valence-electron chi connectivity index (χ1n) is 7.04. The quantitative estimate of drug-likeness (QED) is 0.781. The standard InChI is InChI=1S/C16H15N3O4S/c17-9-13-7-15(11-18-10-13)24(22,23)19-14(8-16(20)21)6-12-4-2-1-3-5-12/h1-5,7,10-11,14,19H,6,8H2,(H,20,21). The lowest BCUT2D eigenvalue weighted by Crippen LogP contribution is -2.38. The third-order valence-corrected chi connectivity index (χ3v) is 4.71. The molecule has 0 spiro atoms. The molecule has 7 nitrogen and oxygen atoms in total. The SMILES string of the molecule is N#Cc1cncc(S(=O)(=O)NC(CC(=O)O)Cc2ccccc2)c1. The highest BCUT2D eigenvalue weighted by atomic mass is 32.2. The molecule has 0 radical (unpaired) electrons. The van der Waals surface area contributed by atoms with Crippen molar-refractivity contribution in [2.45, 2.75) is 23.8 Å². The molecule has 1 atom stereocenters. The zero-order chi connectivity index (χ0) is 17.6. The van der Waals surface area contributed by atoms with E-state index in [-0.39, 0.29) is 23.3 Å². The third kappa shape index (κ3) is 4.87. The first kappa shape index (κ1) is 17.6. The molecule has 0 amide bonds. The largest absolute Gasteiger partial charge is 0.481 e. The summed E-state index contributed by atoms with van der Waals surface area (Å²) in [6.07, 6.45) is 2.23. The zero-order valence-electron chi connectivity index (χ0n) is 12.6. The van der Waals surface area contributed by atoms with Crippen molar-refractivity contribution < 1.29 is 18.3 Å². The van der Waals surface area contributed by atoms with Crippen molar-refractivity contribution in [1.82, 2.24) is 9.71 Å². The van der Waals surface area contributed by atoms with Crippen molar-refractivity contribution >= 4 is 16.0 Å². The number of nitriles is 1. The fourth-order valence-electron chi connectivity index (χ4n) is 2.18. The summed E-state index contributed by atoms with van der Waals surface area (Å²) < 4.78 is 27.2. The van der Waals surface area contributed by atoms with Crippen LogP contribution in [0.4, 0.5) is 0 Å². The Morgan fingerprint density at radius 3 is 2.62 bits per heavy atom. The van der Waals surface area contributed by atoms with Gasteiger partial charge in [-0.3, -0.25) is 9.78 Å². The number of sulfonamides is 1. The number of hydrogen-bond acceptors (Lipinski definition) is 5. The highest BCUT2D eigenvalue weighted by Gasteiger charge is 2.23. The van der Waals surface area contributed by atoms with Gasteiger partial charge in [-0.05, 0) is 18.1 Å². The van der Waals surface area contributed by atoms with Gasteiger partial charge < -0.3 is 5.11 Å². The van der Waals surface area contributed by atoms with Gasteiger partial charge in [0.05, 0.1) is 12.0 Å². The number of benzene rings is 1. The summed E-state index contributed by atoms with van der Waals surface area (Å²) in [6, 6.07) is 11.2. The Morgan fingerprint density at radius 2 is 2.00 bits per heavy atom. The summed E-state index contributed by atoms with van der Waals surface area (Å²) in [7, 11) is -3.98.